The summed E-state index contributed by atoms with van der Waals surface area (Å²) in [6.07, 6.45) is 1.71. The Labute approximate surface area is 158 Å². The lowest BCUT2D eigenvalue weighted by Crippen LogP contribution is -2.31. The third-order valence-corrected chi connectivity index (χ3v) is 4.07. The van der Waals surface area contributed by atoms with Crippen molar-refractivity contribution < 1.29 is 4.84 Å². The SMILES string of the molecule is Cc1ccc(/C=N\Nc2nc3ccccc3c(=O)n2OCC(C)C)c(C)c1. The minimum absolute atomic E-state index is 0.250. The van der Waals surface area contributed by atoms with E-state index >= 15 is 0 Å². The summed E-state index contributed by atoms with van der Waals surface area (Å²) < 4.78 is 1.18. The Bertz CT molecular complexity index is 1040. The number of hydrogen-bond donors (Lipinski definition) is 1. The molecule has 0 bridgehead atoms. The van der Waals surface area contributed by atoms with Crippen LogP contribution < -0.4 is 15.8 Å². The average Bonchev–Trinajstić information content (AvgIpc) is 2.63. The van der Waals surface area contributed by atoms with Gasteiger partial charge in [0.1, 0.15) is 6.61 Å². The predicted octanol–water partition coefficient (Wildman–Crippen LogP) is 3.54. The third-order valence-electron chi connectivity index (χ3n) is 4.07. The average molecular weight is 364 g/mol. The van der Waals surface area contributed by atoms with Crippen molar-refractivity contribution in [2.24, 2.45) is 11.0 Å². The fourth-order valence-electron chi connectivity index (χ4n) is 2.66. The Morgan fingerprint density at radius 3 is 2.74 bits per heavy atom. The van der Waals surface area contributed by atoms with Crippen LogP contribution in [0.3, 0.4) is 0 Å². The Morgan fingerprint density at radius 2 is 2.00 bits per heavy atom. The van der Waals surface area contributed by atoms with Gasteiger partial charge in [-0.25, -0.2) is 10.4 Å². The summed E-state index contributed by atoms with van der Waals surface area (Å²) in [5.41, 5.74) is 6.51. The zero-order valence-corrected chi connectivity index (χ0v) is 16.1. The van der Waals surface area contributed by atoms with Gasteiger partial charge < -0.3 is 4.84 Å². The van der Waals surface area contributed by atoms with E-state index < -0.39 is 0 Å². The van der Waals surface area contributed by atoms with E-state index in [4.69, 9.17) is 4.84 Å². The van der Waals surface area contributed by atoms with Gasteiger partial charge in [-0.2, -0.15) is 5.10 Å². The number of nitrogens with zero attached hydrogens (tertiary/aromatic N) is 3. The normalized spacial score (nSPS) is 11.4. The standard InChI is InChI=1S/C21H24N4O2/c1-14(2)13-27-25-20(26)18-7-5-6-8-19(18)23-21(25)24-22-12-17-10-9-15(3)11-16(17)4/h5-12,14H,13H2,1-4H3,(H,23,24)/b22-12-. The van der Waals surface area contributed by atoms with Gasteiger partial charge >= 0.3 is 0 Å². The minimum Gasteiger partial charge on any atom is -0.407 e. The van der Waals surface area contributed by atoms with Crippen LogP contribution in [0.2, 0.25) is 0 Å². The molecule has 0 fully saturated rings. The molecule has 1 heterocycles. The van der Waals surface area contributed by atoms with E-state index in [1.807, 2.05) is 45.0 Å². The molecule has 0 saturated carbocycles. The number of hydrazone groups is 1. The maximum atomic E-state index is 12.8. The van der Waals surface area contributed by atoms with Crippen molar-refractivity contribution in [1.82, 2.24) is 9.71 Å². The molecule has 0 spiro atoms. The van der Waals surface area contributed by atoms with Crippen LogP contribution in [0.25, 0.3) is 10.9 Å². The van der Waals surface area contributed by atoms with Crippen LogP contribution in [0.5, 0.6) is 0 Å². The first kappa shape index (κ1) is 18.6. The van der Waals surface area contributed by atoms with Crippen molar-refractivity contribution in [2.75, 3.05) is 12.0 Å². The number of hydrogen-bond acceptors (Lipinski definition) is 5. The molecule has 27 heavy (non-hydrogen) atoms. The van der Waals surface area contributed by atoms with Gasteiger partial charge in [-0.05, 0) is 43.0 Å². The fraction of sp³-hybridized carbons (Fsp3) is 0.286. The van der Waals surface area contributed by atoms with Crippen LogP contribution in [-0.2, 0) is 0 Å². The van der Waals surface area contributed by atoms with Crippen LogP contribution in [-0.4, -0.2) is 22.5 Å². The lowest BCUT2D eigenvalue weighted by atomic mass is 10.1. The molecule has 1 N–H and O–H groups in total. The zero-order valence-electron chi connectivity index (χ0n) is 16.1. The summed E-state index contributed by atoms with van der Waals surface area (Å²) in [4.78, 5) is 23.0. The third kappa shape index (κ3) is 4.34. The molecule has 2 aromatic carbocycles. The number of aromatic nitrogens is 2. The topological polar surface area (TPSA) is 68.5 Å². The van der Waals surface area contributed by atoms with E-state index in [1.54, 1.807) is 18.3 Å². The van der Waals surface area contributed by atoms with Crippen molar-refractivity contribution in [2.45, 2.75) is 27.7 Å². The molecule has 0 unspecified atom stereocenters. The molecule has 3 rings (SSSR count). The summed E-state index contributed by atoms with van der Waals surface area (Å²) in [5.74, 6) is 0.523. The van der Waals surface area contributed by atoms with E-state index in [0.29, 0.717) is 17.5 Å². The van der Waals surface area contributed by atoms with E-state index in [-0.39, 0.29) is 17.4 Å². The molecule has 0 aliphatic rings. The van der Waals surface area contributed by atoms with E-state index in [9.17, 15) is 4.79 Å². The van der Waals surface area contributed by atoms with Gasteiger partial charge in [0.25, 0.3) is 11.5 Å². The highest BCUT2D eigenvalue weighted by atomic mass is 16.7. The first-order valence-corrected chi connectivity index (χ1v) is 8.97. The molecule has 0 atom stereocenters. The van der Waals surface area contributed by atoms with Crippen molar-refractivity contribution in [1.29, 1.82) is 0 Å². The smallest absolute Gasteiger partial charge is 0.295 e. The molecule has 1 aromatic heterocycles. The summed E-state index contributed by atoms with van der Waals surface area (Å²) in [6.45, 7) is 8.52. The maximum absolute atomic E-state index is 12.8. The predicted molar refractivity (Wildman–Crippen MR) is 109 cm³/mol. The van der Waals surface area contributed by atoms with Gasteiger partial charge in [0.2, 0.25) is 0 Å². The number of aryl methyl sites for hydroxylation is 2. The summed E-state index contributed by atoms with van der Waals surface area (Å²) >= 11 is 0. The lowest BCUT2D eigenvalue weighted by Gasteiger charge is -2.14. The second-order valence-electron chi connectivity index (χ2n) is 6.97. The fourth-order valence-corrected chi connectivity index (χ4v) is 2.66. The molecule has 3 aromatic rings. The monoisotopic (exact) mass is 364 g/mol. The van der Waals surface area contributed by atoms with Crippen LogP contribution in [0.15, 0.2) is 52.4 Å². The maximum Gasteiger partial charge on any atom is 0.295 e. The van der Waals surface area contributed by atoms with Crippen molar-refractivity contribution >= 4 is 23.1 Å². The number of para-hydroxylation sites is 1. The van der Waals surface area contributed by atoms with Gasteiger partial charge in [0.15, 0.2) is 0 Å². The highest BCUT2D eigenvalue weighted by Gasteiger charge is 2.12. The van der Waals surface area contributed by atoms with Crippen LogP contribution in [0, 0.1) is 19.8 Å². The second-order valence-corrected chi connectivity index (χ2v) is 6.97. The summed E-state index contributed by atoms with van der Waals surface area (Å²) in [7, 11) is 0. The quantitative estimate of drug-likeness (QED) is 0.536. The number of nitrogens with one attached hydrogen (secondary N) is 1. The first-order valence-electron chi connectivity index (χ1n) is 8.97. The van der Waals surface area contributed by atoms with E-state index in [0.717, 1.165) is 11.1 Å². The second kappa shape index (κ2) is 8.03. The highest BCUT2D eigenvalue weighted by molar-refractivity contribution is 5.82. The molecule has 0 radical (unpaired) electrons. The van der Waals surface area contributed by atoms with E-state index in [2.05, 4.69) is 28.5 Å². The lowest BCUT2D eigenvalue weighted by molar-refractivity contribution is 0.0848. The van der Waals surface area contributed by atoms with Crippen LogP contribution >= 0.6 is 0 Å². The van der Waals surface area contributed by atoms with Crippen LogP contribution in [0.4, 0.5) is 5.95 Å². The van der Waals surface area contributed by atoms with Crippen molar-refractivity contribution in [3.05, 3.63) is 69.5 Å². The highest BCUT2D eigenvalue weighted by Crippen LogP contribution is 2.11. The molecule has 6 nitrogen and oxygen atoms in total. The van der Waals surface area contributed by atoms with Crippen molar-refractivity contribution in [3.8, 4) is 0 Å². The summed E-state index contributed by atoms with van der Waals surface area (Å²) in [6, 6.07) is 13.3. The Hall–Kier alpha value is -3.15. The van der Waals surface area contributed by atoms with E-state index in [1.165, 1.54) is 10.3 Å². The van der Waals surface area contributed by atoms with Gasteiger partial charge in [-0.3, -0.25) is 4.79 Å². The Kier molecular flexibility index (Phi) is 5.54. The number of benzene rings is 2. The Morgan fingerprint density at radius 1 is 1.22 bits per heavy atom. The Balaban J connectivity index is 1.95. The van der Waals surface area contributed by atoms with Gasteiger partial charge in [0, 0.05) is 0 Å². The van der Waals surface area contributed by atoms with Gasteiger partial charge in [0.05, 0.1) is 17.1 Å². The van der Waals surface area contributed by atoms with Gasteiger partial charge in [-0.15, -0.1) is 4.73 Å². The molecule has 0 amide bonds. The number of anilines is 1. The van der Waals surface area contributed by atoms with Crippen LogP contribution in [0.1, 0.15) is 30.5 Å². The molecular formula is C21H24N4O2. The molecule has 6 heteroatoms. The molecule has 0 aliphatic carbocycles. The first-order chi connectivity index (χ1) is 13.0. The minimum atomic E-state index is -0.259. The largest absolute Gasteiger partial charge is 0.407 e. The number of rotatable bonds is 6. The van der Waals surface area contributed by atoms with Crippen molar-refractivity contribution in [3.63, 3.8) is 0 Å². The van der Waals surface area contributed by atoms with Gasteiger partial charge in [-0.1, -0.05) is 49.7 Å². The zero-order chi connectivity index (χ0) is 19.4. The number of fused-ring (bicyclic) bond motifs is 1. The summed E-state index contributed by atoms with van der Waals surface area (Å²) in [5, 5.41) is 4.77. The molecule has 0 aliphatic heterocycles. The molecule has 140 valence electrons. The molecule has 0 saturated heterocycles. The molecular weight excluding hydrogens is 340 g/mol.